The highest BCUT2D eigenvalue weighted by molar-refractivity contribution is 9.10. The normalized spacial score (nSPS) is 9.59. The third kappa shape index (κ3) is 4.24. The van der Waals surface area contributed by atoms with Crippen molar-refractivity contribution in [3.05, 3.63) is 33.3 Å². The summed E-state index contributed by atoms with van der Waals surface area (Å²) in [4.78, 5) is 22.6. The topological polar surface area (TPSA) is 67.4 Å². The van der Waals surface area contributed by atoms with Crippen LogP contribution in [0.5, 0.6) is 0 Å². The second-order valence-electron chi connectivity index (χ2n) is 2.92. The van der Waals surface area contributed by atoms with Gasteiger partial charge in [-0.15, -0.1) is 0 Å². The standard InChI is InChI=1S/C10H10BrClN2O3/c1-2-17-10(16)14-13-9(15)7-5-6(11)3-4-8(7)12/h3-5H,2H2,1H3,(H,13,15)(H,14,16). The van der Waals surface area contributed by atoms with Gasteiger partial charge in [-0.25, -0.2) is 10.2 Å². The van der Waals surface area contributed by atoms with Crippen molar-refractivity contribution in [1.29, 1.82) is 0 Å². The van der Waals surface area contributed by atoms with E-state index >= 15 is 0 Å². The minimum Gasteiger partial charge on any atom is -0.449 e. The zero-order valence-electron chi connectivity index (χ0n) is 8.92. The van der Waals surface area contributed by atoms with Gasteiger partial charge in [0, 0.05) is 4.47 Å². The van der Waals surface area contributed by atoms with E-state index in [0.29, 0.717) is 4.47 Å². The van der Waals surface area contributed by atoms with Crippen molar-refractivity contribution in [2.45, 2.75) is 6.92 Å². The highest BCUT2D eigenvalue weighted by Gasteiger charge is 2.11. The molecule has 17 heavy (non-hydrogen) atoms. The number of amides is 2. The highest BCUT2D eigenvalue weighted by Crippen LogP contribution is 2.20. The molecule has 0 radical (unpaired) electrons. The number of carbonyl (C=O) groups excluding carboxylic acids is 2. The molecule has 0 saturated carbocycles. The minimum atomic E-state index is -0.730. The molecule has 1 aromatic rings. The van der Waals surface area contributed by atoms with Crippen LogP contribution in [0.4, 0.5) is 4.79 Å². The van der Waals surface area contributed by atoms with Crippen molar-refractivity contribution in [3.8, 4) is 0 Å². The molecule has 0 aliphatic rings. The van der Waals surface area contributed by atoms with E-state index < -0.39 is 12.0 Å². The van der Waals surface area contributed by atoms with Crippen LogP contribution < -0.4 is 10.9 Å². The Bertz CT molecular complexity index is 440. The van der Waals surface area contributed by atoms with Gasteiger partial charge in [0.2, 0.25) is 0 Å². The SMILES string of the molecule is CCOC(=O)NNC(=O)c1cc(Br)ccc1Cl. The molecular formula is C10H10BrClN2O3. The number of rotatable bonds is 2. The van der Waals surface area contributed by atoms with E-state index in [4.69, 9.17) is 11.6 Å². The van der Waals surface area contributed by atoms with Gasteiger partial charge in [0.1, 0.15) is 0 Å². The predicted molar refractivity (Wildman–Crippen MR) is 66.8 cm³/mol. The van der Waals surface area contributed by atoms with Crippen LogP contribution in [0.2, 0.25) is 5.02 Å². The van der Waals surface area contributed by atoms with Gasteiger partial charge in [0.25, 0.3) is 5.91 Å². The zero-order chi connectivity index (χ0) is 12.8. The van der Waals surface area contributed by atoms with Crippen molar-refractivity contribution in [3.63, 3.8) is 0 Å². The molecule has 2 amide bonds. The molecule has 5 nitrogen and oxygen atoms in total. The Morgan fingerprint density at radius 1 is 1.41 bits per heavy atom. The number of hydrogen-bond acceptors (Lipinski definition) is 3. The molecule has 0 unspecified atom stereocenters. The fourth-order valence-corrected chi connectivity index (χ4v) is 1.58. The molecule has 0 aromatic heterocycles. The molecule has 0 aliphatic carbocycles. The summed E-state index contributed by atoms with van der Waals surface area (Å²) in [6.07, 6.45) is -0.730. The predicted octanol–water partition coefficient (Wildman–Crippen LogP) is 2.49. The summed E-state index contributed by atoms with van der Waals surface area (Å²) in [6.45, 7) is 1.88. The molecule has 0 bridgehead atoms. The molecule has 92 valence electrons. The molecule has 0 atom stereocenters. The van der Waals surface area contributed by atoms with Crippen molar-refractivity contribution in [2.24, 2.45) is 0 Å². The number of halogens is 2. The maximum atomic E-state index is 11.6. The lowest BCUT2D eigenvalue weighted by Gasteiger charge is -2.08. The Labute approximate surface area is 112 Å². The van der Waals surface area contributed by atoms with Crippen LogP contribution in [0, 0.1) is 0 Å². The van der Waals surface area contributed by atoms with E-state index in [9.17, 15) is 9.59 Å². The first-order chi connectivity index (χ1) is 8.04. The van der Waals surface area contributed by atoms with Gasteiger partial charge >= 0.3 is 6.09 Å². The van der Waals surface area contributed by atoms with E-state index in [-0.39, 0.29) is 17.2 Å². The van der Waals surface area contributed by atoms with Gasteiger partial charge in [-0.2, -0.15) is 0 Å². The summed E-state index contributed by atoms with van der Waals surface area (Å²) in [5, 5.41) is 0.288. The molecule has 0 spiro atoms. The summed E-state index contributed by atoms with van der Waals surface area (Å²) < 4.78 is 5.29. The third-order valence-electron chi connectivity index (χ3n) is 1.73. The largest absolute Gasteiger partial charge is 0.449 e. The Hall–Kier alpha value is -1.27. The van der Waals surface area contributed by atoms with E-state index in [0.717, 1.165) is 0 Å². The molecule has 0 fully saturated rings. The lowest BCUT2D eigenvalue weighted by molar-refractivity contribution is 0.0913. The molecule has 2 N–H and O–H groups in total. The van der Waals surface area contributed by atoms with Gasteiger partial charge in [0.05, 0.1) is 17.2 Å². The fourth-order valence-electron chi connectivity index (χ4n) is 1.01. The summed E-state index contributed by atoms with van der Waals surface area (Å²) in [5.41, 5.74) is 4.52. The van der Waals surface area contributed by atoms with Crippen molar-refractivity contribution >= 4 is 39.5 Å². The molecular weight excluding hydrogens is 311 g/mol. The number of hydrogen-bond donors (Lipinski definition) is 2. The van der Waals surface area contributed by atoms with E-state index in [1.807, 2.05) is 0 Å². The summed E-state index contributed by atoms with van der Waals surface area (Å²) in [7, 11) is 0. The average molecular weight is 322 g/mol. The van der Waals surface area contributed by atoms with Gasteiger partial charge in [-0.05, 0) is 25.1 Å². The lowest BCUT2D eigenvalue weighted by atomic mass is 10.2. The second kappa shape index (κ2) is 6.46. The van der Waals surface area contributed by atoms with Crippen LogP contribution >= 0.6 is 27.5 Å². The average Bonchev–Trinajstić information content (AvgIpc) is 2.29. The Morgan fingerprint density at radius 3 is 2.76 bits per heavy atom. The van der Waals surface area contributed by atoms with Crippen LogP contribution in [0.1, 0.15) is 17.3 Å². The number of hydrazine groups is 1. The number of nitrogens with one attached hydrogen (secondary N) is 2. The second-order valence-corrected chi connectivity index (χ2v) is 4.25. The lowest BCUT2D eigenvalue weighted by Crippen LogP contribution is -2.42. The Kier molecular flexibility index (Phi) is 5.24. The van der Waals surface area contributed by atoms with Crippen LogP contribution in [0.15, 0.2) is 22.7 Å². The Morgan fingerprint density at radius 2 is 2.12 bits per heavy atom. The van der Waals surface area contributed by atoms with Gasteiger partial charge < -0.3 is 4.74 Å². The highest BCUT2D eigenvalue weighted by atomic mass is 79.9. The smallest absolute Gasteiger partial charge is 0.426 e. The molecule has 1 rings (SSSR count). The summed E-state index contributed by atoms with van der Waals surface area (Å²) >= 11 is 9.06. The van der Waals surface area contributed by atoms with Crippen LogP contribution in [-0.2, 0) is 4.74 Å². The first-order valence-corrected chi connectivity index (χ1v) is 5.90. The first-order valence-electron chi connectivity index (χ1n) is 4.72. The molecule has 0 saturated heterocycles. The first kappa shape index (κ1) is 13.8. The van der Waals surface area contributed by atoms with Gasteiger partial charge in [-0.3, -0.25) is 10.2 Å². The van der Waals surface area contributed by atoms with Gasteiger partial charge in [0.15, 0.2) is 0 Å². The van der Waals surface area contributed by atoms with Crippen molar-refractivity contribution in [1.82, 2.24) is 10.9 Å². The quantitative estimate of drug-likeness (QED) is 0.822. The van der Waals surface area contributed by atoms with E-state index in [2.05, 4.69) is 31.5 Å². The monoisotopic (exact) mass is 320 g/mol. The molecule has 0 heterocycles. The third-order valence-corrected chi connectivity index (χ3v) is 2.55. The van der Waals surface area contributed by atoms with Crippen molar-refractivity contribution in [2.75, 3.05) is 6.61 Å². The molecule has 1 aromatic carbocycles. The number of carbonyl (C=O) groups is 2. The maximum absolute atomic E-state index is 11.6. The van der Waals surface area contributed by atoms with Crippen LogP contribution in [-0.4, -0.2) is 18.6 Å². The zero-order valence-corrected chi connectivity index (χ0v) is 11.3. The summed E-state index contributed by atoms with van der Waals surface area (Å²) in [6, 6.07) is 4.83. The molecule has 7 heteroatoms. The number of ether oxygens (including phenoxy) is 1. The fraction of sp³-hybridized carbons (Fsp3) is 0.200. The Balaban J connectivity index is 2.64. The van der Waals surface area contributed by atoms with E-state index in [1.54, 1.807) is 25.1 Å². The summed E-state index contributed by atoms with van der Waals surface area (Å²) in [5.74, 6) is -0.524. The van der Waals surface area contributed by atoms with Gasteiger partial charge in [-0.1, -0.05) is 27.5 Å². The van der Waals surface area contributed by atoms with Crippen molar-refractivity contribution < 1.29 is 14.3 Å². The van der Waals surface area contributed by atoms with E-state index in [1.165, 1.54) is 0 Å². The molecule has 0 aliphatic heterocycles. The maximum Gasteiger partial charge on any atom is 0.426 e. The minimum absolute atomic E-state index is 0.222. The van der Waals surface area contributed by atoms with Crippen LogP contribution in [0.25, 0.3) is 0 Å². The number of benzene rings is 1. The van der Waals surface area contributed by atoms with Crippen LogP contribution in [0.3, 0.4) is 0 Å².